The summed E-state index contributed by atoms with van der Waals surface area (Å²) in [5.74, 6) is 0.471. The maximum Gasteiger partial charge on any atom is 0.258 e. The molecule has 2 N–H and O–H groups in total. The van der Waals surface area contributed by atoms with Gasteiger partial charge in [-0.2, -0.15) is 0 Å². The second kappa shape index (κ2) is 6.91. The Hall–Kier alpha value is -2.08. The molecule has 0 aromatic heterocycles. The van der Waals surface area contributed by atoms with E-state index in [1.807, 2.05) is 6.07 Å². The predicted molar refractivity (Wildman–Crippen MR) is 73.8 cm³/mol. The lowest BCUT2D eigenvalue weighted by atomic mass is 10.0. The number of carbonyl (C=O) groups excluding carboxylic acids is 2. The largest absolute Gasteiger partial charge is 0.484 e. The number of aryl methyl sites for hydroxylation is 1. The fourth-order valence-electron chi connectivity index (χ4n) is 1.94. The molecule has 0 radical (unpaired) electrons. The highest BCUT2D eigenvalue weighted by atomic mass is 16.5. The van der Waals surface area contributed by atoms with Gasteiger partial charge in [-0.25, -0.2) is 0 Å². The molecule has 0 bridgehead atoms. The first-order valence-electron chi connectivity index (χ1n) is 6.50. The van der Waals surface area contributed by atoms with Crippen LogP contribution in [0.2, 0.25) is 0 Å². The van der Waals surface area contributed by atoms with E-state index in [0.29, 0.717) is 31.7 Å². The topological polar surface area (TPSA) is 76.7 Å². The molecular weight excluding hydrogens is 260 g/mol. The third kappa shape index (κ3) is 3.96. The highest BCUT2D eigenvalue weighted by molar-refractivity contribution is 5.94. The Balaban J connectivity index is 1.85. The van der Waals surface area contributed by atoms with Crippen LogP contribution in [0.1, 0.15) is 12.0 Å². The van der Waals surface area contributed by atoms with E-state index in [-0.39, 0.29) is 18.4 Å². The highest BCUT2D eigenvalue weighted by Crippen LogP contribution is 2.26. The molecule has 0 unspecified atom stereocenters. The maximum atomic E-state index is 11.5. The molecule has 1 aliphatic heterocycles. The van der Waals surface area contributed by atoms with Crippen molar-refractivity contribution < 1.29 is 19.1 Å². The Morgan fingerprint density at radius 2 is 2.25 bits per heavy atom. The Morgan fingerprint density at radius 1 is 1.40 bits per heavy atom. The lowest BCUT2D eigenvalue weighted by molar-refractivity contribution is -0.123. The van der Waals surface area contributed by atoms with Crippen LogP contribution in [0.5, 0.6) is 5.75 Å². The van der Waals surface area contributed by atoms with Gasteiger partial charge >= 0.3 is 0 Å². The summed E-state index contributed by atoms with van der Waals surface area (Å²) in [7, 11) is 1.58. The zero-order chi connectivity index (χ0) is 14.4. The minimum Gasteiger partial charge on any atom is -0.484 e. The zero-order valence-electron chi connectivity index (χ0n) is 11.4. The summed E-state index contributed by atoms with van der Waals surface area (Å²) >= 11 is 0. The summed E-state index contributed by atoms with van der Waals surface area (Å²) in [6.07, 6.45) is 1.17. The Kier molecular flexibility index (Phi) is 4.95. The summed E-state index contributed by atoms with van der Waals surface area (Å²) in [4.78, 5) is 22.7. The van der Waals surface area contributed by atoms with Gasteiger partial charge in [-0.1, -0.05) is 0 Å². The van der Waals surface area contributed by atoms with Crippen molar-refractivity contribution in [3.8, 4) is 5.75 Å². The number of hydrogen-bond acceptors (Lipinski definition) is 4. The van der Waals surface area contributed by atoms with Crippen LogP contribution in [0.4, 0.5) is 5.69 Å². The third-order valence-corrected chi connectivity index (χ3v) is 2.97. The van der Waals surface area contributed by atoms with E-state index < -0.39 is 0 Å². The first-order valence-corrected chi connectivity index (χ1v) is 6.50. The molecule has 0 atom stereocenters. The number of rotatable bonds is 6. The van der Waals surface area contributed by atoms with Crippen LogP contribution >= 0.6 is 0 Å². The monoisotopic (exact) mass is 278 g/mol. The molecule has 1 aromatic rings. The smallest absolute Gasteiger partial charge is 0.258 e. The number of carbonyl (C=O) groups is 2. The minimum absolute atomic E-state index is 0.0312. The van der Waals surface area contributed by atoms with Crippen LogP contribution in [-0.2, 0) is 20.7 Å². The van der Waals surface area contributed by atoms with Crippen LogP contribution in [0.15, 0.2) is 18.2 Å². The quantitative estimate of drug-likeness (QED) is 0.751. The summed E-state index contributed by atoms with van der Waals surface area (Å²) in [5, 5.41) is 5.47. The molecule has 0 aliphatic carbocycles. The molecular formula is C14H18N2O4. The van der Waals surface area contributed by atoms with Gasteiger partial charge in [0.1, 0.15) is 5.75 Å². The van der Waals surface area contributed by atoms with Crippen molar-refractivity contribution in [1.29, 1.82) is 0 Å². The van der Waals surface area contributed by atoms with Crippen molar-refractivity contribution >= 4 is 17.5 Å². The Morgan fingerprint density at radius 3 is 3.05 bits per heavy atom. The van der Waals surface area contributed by atoms with Crippen molar-refractivity contribution in [2.75, 3.05) is 32.2 Å². The van der Waals surface area contributed by atoms with E-state index in [4.69, 9.17) is 9.47 Å². The first-order chi connectivity index (χ1) is 9.69. The second-order valence-corrected chi connectivity index (χ2v) is 4.50. The molecule has 2 rings (SSSR count). The van der Waals surface area contributed by atoms with Gasteiger partial charge in [0, 0.05) is 25.8 Å². The molecule has 6 nitrogen and oxygen atoms in total. The average molecular weight is 278 g/mol. The Bertz CT molecular complexity index is 502. The van der Waals surface area contributed by atoms with E-state index >= 15 is 0 Å². The van der Waals surface area contributed by atoms with Gasteiger partial charge in [-0.15, -0.1) is 0 Å². The first kappa shape index (κ1) is 14.3. The van der Waals surface area contributed by atoms with Crippen molar-refractivity contribution in [3.63, 3.8) is 0 Å². The fraction of sp³-hybridized carbons (Fsp3) is 0.429. The van der Waals surface area contributed by atoms with Crippen LogP contribution in [0.25, 0.3) is 0 Å². The summed E-state index contributed by atoms with van der Waals surface area (Å²) in [5.41, 5.74) is 1.85. The van der Waals surface area contributed by atoms with E-state index in [2.05, 4.69) is 10.6 Å². The number of ether oxygens (including phenoxy) is 2. The van der Waals surface area contributed by atoms with E-state index in [9.17, 15) is 9.59 Å². The van der Waals surface area contributed by atoms with Crippen LogP contribution < -0.4 is 15.4 Å². The lowest BCUT2D eigenvalue weighted by Gasteiger charge is -2.17. The molecule has 0 saturated heterocycles. The highest BCUT2D eigenvalue weighted by Gasteiger charge is 2.15. The van der Waals surface area contributed by atoms with Crippen molar-refractivity contribution in [2.45, 2.75) is 12.8 Å². The van der Waals surface area contributed by atoms with Gasteiger partial charge in [0.2, 0.25) is 5.91 Å². The minimum atomic E-state index is -0.187. The second-order valence-electron chi connectivity index (χ2n) is 4.50. The van der Waals surface area contributed by atoms with Gasteiger partial charge in [0.25, 0.3) is 5.91 Å². The molecule has 0 spiro atoms. The van der Waals surface area contributed by atoms with Gasteiger partial charge in [0.15, 0.2) is 6.61 Å². The van der Waals surface area contributed by atoms with Gasteiger partial charge in [0.05, 0.1) is 6.61 Å². The maximum absolute atomic E-state index is 11.5. The number of hydrogen-bond donors (Lipinski definition) is 2. The average Bonchev–Trinajstić information content (AvgIpc) is 2.45. The lowest BCUT2D eigenvalue weighted by Crippen LogP contribution is -2.31. The summed E-state index contributed by atoms with van der Waals surface area (Å²) in [6.45, 7) is 0.911. The number of anilines is 1. The predicted octanol–water partition coefficient (Wildman–Crippen LogP) is 0.713. The molecule has 108 valence electrons. The number of amides is 2. The zero-order valence-corrected chi connectivity index (χ0v) is 11.4. The summed E-state index contributed by atoms with van der Waals surface area (Å²) in [6, 6.07) is 5.40. The van der Waals surface area contributed by atoms with Crippen LogP contribution in [-0.4, -0.2) is 38.7 Å². The summed E-state index contributed by atoms with van der Waals surface area (Å²) < 4.78 is 10.3. The third-order valence-electron chi connectivity index (χ3n) is 2.97. The molecule has 1 aromatic carbocycles. The number of nitrogens with one attached hydrogen (secondary N) is 2. The van der Waals surface area contributed by atoms with E-state index in [0.717, 1.165) is 11.3 Å². The van der Waals surface area contributed by atoms with Crippen LogP contribution in [0.3, 0.4) is 0 Å². The molecule has 6 heteroatoms. The standard InChI is InChI=1S/C14H18N2O4/c1-19-7-6-15-14(18)9-20-11-3-4-12-10(8-11)2-5-13(17)16-12/h3-4,8H,2,5-7,9H2,1H3,(H,15,18)(H,16,17). The van der Waals surface area contributed by atoms with Crippen LogP contribution in [0, 0.1) is 0 Å². The van der Waals surface area contributed by atoms with E-state index in [1.54, 1.807) is 19.2 Å². The van der Waals surface area contributed by atoms with Crippen molar-refractivity contribution in [2.24, 2.45) is 0 Å². The van der Waals surface area contributed by atoms with Gasteiger partial charge in [-0.05, 0) is 30.2 Å². The van der Waals surface area contributed by atoms with Gasteiger partial charge < -0.3 is 20.1 Å². The number of benzene rings is 1. The number of fused-ring (bicyclic) bond motifs is 1. The normalized spacial score (nSPS) is 13.3. The number of methoxy groups -OCH3 is 1. The molecule has 2 amide bonds. The fourth-order valence-corrected chi connectivity index (χ4v) is 1.94. The molecule has 20 heavy (non-hydrogen) atoms. The molecule has 0 fully saturated rings. The molecule has 1 heterocycles. The Labute approximate surface area is 117 Å². The van der Waals surface area contributed by atoms with E-state index in [1.165, 1.54) is 0 Å². The molecule has 1 aliphatic rings. The van der Waals surface area contributed by atoms with Gasteiger partial charge in [-0.3, -0.25) is 9.59 Å². The van der Waals surface area contributed by atoms with Crippen molar-refractivity contribution in [1.82, 2.24) is 5.32 Å². The SMILES string of the molecule is COCCNC(=O)COc1ccc2c(c1)CCC(=O)N2. The molecule has 0 saturated carbocycles. The van der Waals surface area contributed by atoms with Crippen molar-refractivity contribution in [3.05, 3.63) is 23.8 Å².